The highest BCUT2D eigenvalue weighted by molar-refractivity contribution is 14.0. The van der Waals surface area contributed by atoms with E-state index in [-0.39, 0.29) is 24.0 Å². The van der Waals surface area contributed by atoms with Crippen molar-refractivity contribution in [1.29, 1.82) is 0 Å². The lowest BCUT2D eigenvalue weighted by molar-refractivity contribution is 0.172. The van der Waals surface area contributed by atoms with Gasteiger partial charge in [0.25, 0.3) is 0 Å². The third-order valence-corrected chi connectivity index (χ3v) is 4.35. The molecule has 2 N–H and O–H groups in total. The van der Waals surface area contributed by atoms with Gasteiger partial charge in [0.05, 0.1) is 18.8 Å². The molecule has 3 rings (SSSR count). The molecule has 0 amide bonds. The zero-order valence-electron chi connectivity index (χ0n) is 17.7. The van der Waals surface area contributed by atoms with Crippen LogP contribution in [0.15, 0.2) is 53.7 Å². The Hall–Kier alpha value is -2.33. The largest absolute Gasteiger partial charge is 0.493 e. The summed E-state index contributed by atoms with van der Waals surface area (Å²) in [4.78, 5) is 9.33. The van der Waals surface area contributed by atoms with Crippen molar-refractivity contribution in [2.75, 3.05) is 32.2 Å². The zero-order valence-corrected chi connectivity index (χ0v) is 20.1. The fourth-order valence-electron chi connectivity index (χ4n) is 2.94. The van der Waals surface area contributed by atoms with Gasteiger partial charge < -0.3 is 24.5 Å². The smallest absolute Gasteiger partial charge is 0.196 e. The summed E-state index contributed by atoms with van der Waals surface area (Å²) in [5.74, 6) is 1.52. The number of nitrogens with one attached hydrogen (secondary N) is 2. The second kappa shape index (κ2) is 12.4. The lowest BCUT2D eigenvalue weighted by Crippen LogP contribution is -2.30. The van der Waals surface area contributed by atoms with Crippen molar-refractivity contribution in [2.24, 2.45) is 4.99 Å². The molecule has 0 spiro atoms. The van der Waals surface area contributed by atoms with Crippen LogP contribution in [0.2, 0.25) is 0 Å². The number of fused-ring (bicyclic) bond motifs is 1. The van der Waals surface area contributed by atoms with E-state index in [1.54, 1.807) is 7.11 Å². The molecule has 0 bridgehead atoms. The Bertz CT molecular complexity index is 958. The van der Waals surface area contributed by atoms with Crippen LogP contribution in [-0.4, -0.2) is 42.2 Å². The van der Waals surface area contributed by atoms with Gasteiger partial charge in [-0.25, -0.2) is 9.98 Å². The Balaban J connectivity index is 0.00000320. The van der Waals surface area contributed by atoms with E-state index >= 15 is 0 Å². The molecule has 0 aliphatic rings. The molecule has 0 aliphatic carbocycles. The minimum atomic E-state index is 0. The average Bonchev–Trinajstić information content (AvgIpc) is 3.15. The van der Waals surface area contributed by atoms with E-state index in [0.717, 1.165) is 41.4 Å². The van der Waals surface area contributed by atoms with Crippen LogP contribution in [0.5, 0.6) is 5.75 Å². The molecule has 162 valence electrons. The van der Waals surface area contributed by atoms with Gasteiger partial charge in [-0.15, -0.1) is 24.0 Å². The monoisotopic (exact) mass is 523 g/mol. The zero-order chi connectivity index (χ0) is 20.5. The highest BCUT2D eigenvalue weighted by Crippen LogP contribution is 2.17. The van der Waals surface area contributed by atoms with E-state index in [0.29, 0.717) is 25.7 Å². The normalized spacial score (nSPS) is 11.2. The highest BCUT2D eigenvalue weighted by Gasteiger charge is 2.05. The molecule has 0 fully saturated rings. The molecule has 0 aliphatic heterocycles. The number of rotatable bonds is 9. The van der Waals surface area contributed by atoms with Crippen molar-refractivity contribution in [3.8, 4) is 5.75 Å². The fraction of sp³-hybridized carbons (Fsp3) is 0.364. The molecule has 1 aromatic carbocycles. The molecule has 3 aromatic rings. The van der Waals surface area contributed by atoms with Gasteiger partial charge in [-0.05, 0) is 38.1 Å². The first-order valence-electron chi connectivity index (χ1n) is 9.90. The summed E-state index contributed by atoms with van der Waals surface area (Å²) in [6, 6.07) is 13.9. The molecule has 0 radical (unpaired) electrons. The molecule has 2 heterocycles. The van der Waals surface area contributed by atoms with Crippen LogP contribution >= 0.6 is 24.0 Å². The number of halogens is 1. The molecule has 8 heteroatoms. The van der Waals surface area contributed by atoms with Gasteiger partial charge in [-0.1, -0.05) is 12.1 Å². The van der Waals surface area contributed by atoms with Crippen LogP contribution < -0.4 is 15.4 Å². The number of ether oxygens (including phenoxy) is 2. The van der Waals surface area contributed by atoms with Crippen molar-refractivity contribution < 1.29 is 9.47 Å². The van der Waals surface area contributed by atoms with Crippen LogP contribution in [0.1, 0.15) is 24.7 Å². The summed E-state index contributed by atoms with van der Waals surface area (Å²) < 4.78 is 12.9. The molecule has 0 unspecified atom stereocenters. The first-order valence-corrected chi connectivity index (χ1v) is 9.90. The maximum atomic E-state index is 5.77. The van der Waals surface area contributed by atoms with Gasteiger partial charge in [0, 0.05) is 50.3 Å². The minimum Gasteiger partial charge on any atom is -0.493 e. The van der Waals surface area contributed by atoms with Crippen molar-refractivity contribution in [3.63, 3.8) is 0 Å². The van der Waals surface area contributed by atoms with E-state index < -0.39 is 0 Å². The molecule has 30 heavy (non-hydrogen) atoms. The lowest BCUT2D eigenvalue weighted by Gasteiger charge is -2.12. The fourth-order valence-corrected chi connectivity index (χ4v) is 2.94. The molecule has 0 saturated carbocycles. The summed E-state index contributed by atoms with van der Waals surface area (Å²) in [6.45, 7) is 6.68. The molecule has 0 atom stereocenters. The standard InChI is InChI=1S/C22H29N5O2.HI/c1-4-23-22(24-15-19-16-27-17(2)8-5-11-21(27)25-19)26-18-9-6-10-20(14-18)29-13-7-12-28-3;/h5-6,8-11,14,16H,4,7,12-13,15H2,1-3H3,(H2,23,24,26);1H. The van der Waals surface area contributed by atoms with E-state index in [4.69, 9.17) is 9.47 Å². The number of guanidine groups is 1. The van der Waals surface area contributed by atoms with Crippen LogP contribution in [0.4, 0.5) is 5.69 Å². The SMILES string of the molecule is CCNC(=NCc1cn2c(C)cccc2n1)Nc1cccc(OCCCOC)c1.I. The summed E-state index contributed by atoms with van der Waals surface area (Å²) in [5, 5.41) is 6.61. The van der Waals surface area contributed by atoms with Gasteiger partial charge in [0.2, 0.25) is 0 Å². The number of hydrogen-bond donors (Lipinski definition) is 2. The summed E-state index contributed by atoms with van der Waals surface area (Å²) in [7, 11) is 1.69. The number of aromatic nitrogens is 2. The Labute approximate surface area is 194 Å². The quantitative estimate of drug-likeness (QED) is 0.190. The van der Waals surface area contributed by atoms with Crippen molar-refractivity contribution in [1.82, 2.24) is 14.7 Å². The first kappa shape index (κ1) is 23.9. The third kappa shape index (κ3) is 6.88. The number of methoxy groups -OCH3 is 1. The highest BCUT2D eigenvalue weighted by atomic mass is 127. The summed E-state index contributed by atoms with van der Waals surface area (Å²) in [6.07, 6.45) is 2.89. The van der Waals surface area contributed by atoms with Crippen LogP contribution in [-0.2, 0) is 11.3 Å². The van der Waals surface area contributed by atoms with Gasteiger partial charge in [-0.3, -0.25) is 0 Å². The van der Waals surface area contributed by atoms with Gasteiger partial charge in [0.15, 0.2) is 5.96 Å². The van der Waals surface area contributed by atoms with E-state index in [1.807, 2.05) is 49.5 Å². The molecule has 0 saturated heterocycles. The van der Waals surface area contributed by atoms with Crippen molar-refractivity contribution >= 4 is 41.3 Å². The second-order valence-electron chi connectivity index (χ2n) is 6.67. The third-order valence-electron chi connectivity index (χ3n) is 4.35. The first-order chi connectivity index (χ1) is 14.2. The van der Waals surface area contributed by atoms with E-state index in [1.165, 1.54) is 0 Å². The Morgan fingerprint density at radius 3 is 2.77 bits per heavy atom. The van der Waals surface area contributed by atoms with Gasteiger partial charge >= 0.3 is 0 Å². The van der Waals surface area contributed by atoms with Crippen LogP contribution in [0.25, 0.3) is 5.65 Å². The maximum Gasteiger partial charge on any atom is 0.196 e. The average molecular weight is 523 g/mol. The number of pyridine rings is 1. The number of aryl methyl sites for hydroxylation is 1. The molecular formula is C22H30IN5O2. The summed E-state index contributed by atoms with van der Waals surface area (Å²) >= 11 is 0. The van der Waals surface area contributed by atoms with Gasteiger partial charge in [0.1, 0.15) is 11.4 Å². The summed E-state index contributed by atoms with van der Waals surface area (Å²) in [5.41, 5.74) is 3.93. The Kier molecular flexibility index (Phi) is 9.88. The molecular weight excluding hydrogens is 493 g/mol. The Morgan fingerprint density at radius 1 is 1.17 bits per heavy atom. The lowest BCUT2D eigenvalue weighted by atomic mass is 10.3. The van der Waals surface area contributed by atoms with Crippen LogP contribution in [0, 0.1) is 6.92 Å². The Morgan fingerprint density at radius 2 is 2.00 bits per heavy atom. The number of imidazole rings is 1. The number of aliphatic imine (C=N–C) groups is 1. The molecule has 7 nitrogen and oxygen atoms in total. The van der Waals surface area contributed by atoms with Crippen molar-refractivity contribution in [3.05, 3.63) is 60.0 Å². The second-order valence-corrected chi connectivity index (χ2v) is 6.67. The van der Waals surface area contributed by atoms with E-state index in [2.05, 4.69) is 38.0 Å². The number of benzene rings is 1. The molecule has 2 aromatic heterocycles. The predicted octanol–water partition coefficient (Wildman–Crippen LogP) is 4.25. The van der Waals surface area contributed by atoms with Gasteiger partial charge in [-0.2, -0.15) is 0 Å². The van der Waals surface area contributed by atoms with Crippen LogP contribution in [0.3, 0.4) is 0 Å². The predicted molar refractivity (Wildman–Crippen MR) is 132 cm³/mol. The number of nitrogens with zero attached hydrogens (tertiary/aromatic N) is 3. The number of anilines is 1. The van der Waals surface area contributed by atoms with Crippen molar-refractivity contribution in [2.45, 2.75) is 26.8 Å². The van der Waals surface area contributed by atoms with E-state index in [9.17, 15) is 0 Å². The maximum absolute atomic E-state index is 5.77. The topological polar surface area (TPSA) is 72.2 Å². The number of hydrogen-bond acceptors (Lipinski definition) is 4. The minimum absolute atomic E-state index is 0.